The van der Waals surface area contributed by atoms with E-state index < -0.39 is 9.84 Å². The van der Waals surface area contributed by atoms with Gasteiger partial charge in [0.1, 0.15) is 9.84 Å². The van der Waals surface area contributed by atoms with Gasteiger partial charge in [0, 0.05) is 11.1 Å². The first-order valence-electron chi connectivity index (χ1n) is 13.9. The van der Waals surface area contributed by atoms with E-state index in [-0.39, 0.29) is 11.5 Å². The molecule has 0 aliphatic rings. The minimum absolute atomic E-state index is 0.210. The van der Waals surface area contributed by atoms with Gasteiger partial charge in [-0.25, -0.2) is 8.42 Å². The molecule has 0 saturated carbocycles. The van der Waals surface area contributed by atoms with Crippen molar-refractivity contribution in [2.24, 2.45) is 0 Å². The highest BCUT2D eigenvalue weighted by Crippen LogP contribution is 2.35. The van der Waals surface area contributed by atoms with Crippen LogP contribution >= 0.6 is 0 Å². The predicted octanol–water partition coefficient (Wildman–Crippen LogP) is 4.01. The molecule has 0 aliphatic heterocycles. The summed E-state index contributed by atoms with van der Waals surface area (Å²) in [6.07, 6.45) is 4.65. The van der Waals surface area contributed by atoms with Crippen molar-refractivity contribution in [2.75, 3.05) is 66.1 Å². The van der Waals surface area contributed by atoms with Crippen LogP contribution in [0.3, 0.4) is 0 Å². The molecule has 2 aromatic rings. The fourth-order valence-corrected chi connectivity index (χ4v) is 6.31. The van der Waals surface area contributed by atoms with Gasteiger partial charge in [-0.2, -0.15) is 0 Å². The van der Waals surface area contributed by atoms with Crippen molar-refractivity contribution in [3.8, 4) is 23.0 Å². The second kappa shape index (κ2) is 17.3. The zero-order valence-electron chi connectivity index (χ0n) is 24.7. The number of sulfone groups is 1. The minimum atomic E-state index is -3.06. The number of rotatable bonds is 20. The summed E-state index contributed by atoms with van der Waals surface area (Å²) < 4.78 is 46.8. The first kappa shape index (κ1) is 32.7. The Balaban J connectivity index is 1.65. The summed E-state index contributed by atoms with van der Waals surface area (Å²) in [5.41, 5.74) is 4.76. The zero-order chi connectivity index (χ0) is 28.7. The van der Waals surface area contributed by atoms with Crippen LogP contribution in [0, 0.1) is 0 Å². The average molecular weight is 565 g/mol. The molecule has 220 valence electrons. The van der Waals surface area contributed by atoms with E-state index in [1.807, 2.05) is 12.1 Å². The van der Waals surface area contributed by atoms with E-state index in [4.69, 9.17) is 18.9 Å². The SMILES string of the molecule is CCc1c(CCNCCCS(=O)(=O)CCCNCCc2ccc(OC)c(OC)c2CC)ccc(OC)c1OC. The van der Waals surface area contributed by atoms with Crippen molar-refractivity contribution in [1.82, 2.24) is 10.6 Å². The number of methoxy groups -OCH3 is 4. The molecule has 0 heterocycles. The lowest BCUT2D eigenvalue weighted by Crippen LogP contribution is -2.24. The molecule has 2 N–H and O–H groups in total. The molecule has 0 unspecified atom stereocenters. The van der Waals surface area contributed by atoms with Gasteiger partial charge in [-0.1, -0.05) is 26.0 Å². The molecule has 0 fully saturated rings. The molecule has 0 spiro atoms. The van der Waals surface area contributed by atoms with Crippen LogP contribution < -0.4 is 29.6 Å². The van der Waals surface area contributed by atoms with Gasteiger partial charge < -0.3 is 29.6 Å². The van der Waals surface area contributed by atoms with Crippen LogP contribution in [0.1, 0.15) is 48.9 Å². The van der Waals surface area contributed by atoms with E-state index >= 15 is 0 Å². The Kier molecular flexibility index (Phi) is 14.5. The highest BCUT2D eigenvalue weighted by molar-refractivity contribution is 7.91. The molecule has 0 radical (unpaired) electrons. The number of benzene rings is 2. The van der Waals surface area contributed by atoms with Gasteiger partial charge in [-0.05, 0) is 88.0 Å². The van der Waals surface area contributed by atoms with Gasteiger partial charge in [0.2, 0.25) is 0 Å². The number of hydrogen-bond acceptors (Lipinski definition) is 8. The van der Waals surface area contributed by atoms with Crippen LogP contribution in [-0.2, 0) is 35.5 Å². The highest BCUT2D eigenvalue weighted by Gasteiger charge is 2.15. The van der Waals surface area contributed by atoms with E-state index in [1.54, 1.807) is 28.4 Å². The summed E-state index contributed by atoms with van der Waals surface area (Å²) in [6.45, 7) is 7.14. The Labute approximate surface area is 235 Å². The van der Waals surface area contributed by atoms with Crippen LogP contribution in [0.5, 0.6) is 23.0 Å². The van der Waals surface area contributed by atoms with Gasteiger partial charge >= 0.3 is 0 Å². The number of ether oxygens (including phenoxy) is 4. The Bertz CT molecular complexity index is 1040. The molecule has 0 amide bonds. The Morgan fingerprint density at radius 2 is 1.03 bits per heavy atom. The molecular formula is C30H48N2O6S. The summed E-state index contributed by atoms with van der Waals surface area (Å²) >= 11 is 0. The van der Waals surface area contributed by atoms with Gasteiger partial charge in [0.15, 0.2) is 23.0 Å². The average Bonchev–Trinajstić information content (AvgIpc) is 2.95. The standard InChI is InChI=1S/C30H48N2O6S/c1-7-25-23(11-13-27(35-3)29(25)37-5)15-19-31-17-9-21-39(33,34)22-10-18-32-20-16-24-12-14-28(36-4)30(38-6)26(24)8-2/h11-14,31-32H,7-10,15-22H2,1-6H3. The third-order valence-electron chi connectivity index (χ3n) is 6.96. The van der Waals surface area contributed by atoms with E-state index in [9.17, 15) is 8.42 Å². The Morgan fingerprint density at radius 1 is 0.615 bits per heavy atom. The van der Waals surface area contributed by atoms with Crippen molar-refractivity contribution < 1.29 is 27.4 Å². The first-order valence-corrected chi connectivity index (χ1v) is 15.7. The maximum atomic E-state index is 12.5. The van der Waals surface area contributed by atoms with Crippen LogP contribution in [0.4, 0.5) is 0 Å². The molecule has 0 aromatic heterocycles. The monoisotopic (exact) mass is 564 g/mol. The molecule has 9 heteroatoms. The predicted molar refractivity (Wildman–Crippen MR) is 159 cm³/mol. The van der Waals surface area contributed by atoms with Crippen LogP contribution in [0.15, 0.2) is 24.3 Å². The summed E-state index contributed by atoms with van der Waals surface area (Å²) in [5.74, 6) is 3.50. The van der Waals surface area contributed by atoms with Crippen LogP contribution in [-0.4, -0.2) is 74.5 Å². The molecule has 39 heavy (non-hydrogen) atoms. The van der Waals surface area contributed by atoms with Gasteiger partial charge in [-0.3, -0.25) is 0 Å². The Morgan fingerprint density at radius 3 is 1.36 bits per heavy atom. The summed E-state index contributed by atoms with van der Waals surface area (Å²) in [7, 11) is 3.56. The number of nitrogens with one attached hydrogen (secondary N) is 2. The Hall–Kier alpha value is -2.49. The maximum Gasteiger partial charge on any atom is 0.164 e. The van der Waals surface area contributed by atoms with Gasteiger partial charge in [0.05, 0.1) is 39.9 Å². The van der Waals surface area contributed by atoms with Gasteiger partial charge in [0.25, 0.3) is 0 Å². The molecule has 0 saturated heterocycles. The fraction of sp³-hybridized carbons (Fsp3) is 0.600. The van der Waals surface area contributed by atoms with Crippen LogP contribution in [0.25, 0.3) is 0 Å². The lowest BCUT2D eigenvalue weighted by atomic mass is 10.0. The summed E-state index contributed by atoms with van der Waals surface area (Å²) in [5, 5.41) is 6.76. The molecule has 0 atom stereocenters. The van der Waals surface area contributed by atoms with E-state index in [2.05, 4.69) is 36.6 Å². The van der Waals surface area contributed by atoms with Crippen molar-refractivity contribution in [3.05, 3.63) is 46.5 Å². The maximum absolute atomic E-state index is 12.5. The van der Waals surface area contributed by atoms with Crippen molar-refractivity contribution in [2.45, 2.75) is 52.4 Å². The first-order chi connectivity index (χ1) is 18.8. The number of hydrogen-bond donors (Lipinski definition) is 2. The molecule has 0 aliphatic carbocycles. The van der Waals surface area contributed by atoms with E-state index in [0.29, 0.717) is 25.9 Å². The highest BCUT2D eigenvalue weighted by atomic mass is 32.2. The zero-order valence-corrected chi connectivity index (χ0v) is 25.5. The van der Waals surface area contributed by atoms with Crippen LogP contribution in [0.2, 0.25) is 0 Å². The van der Waals surface area contributed by atoms with Gasteiger partial charge in [-0.15, -0.1) is 0 Å². The fourth-order valence-electron chi connectivity index (χ4n) is 4.94. The lowest BCUT2D eigenvalue weighted by Gasteiger charge is -2.16. The van der Waals surface area contributed by atoms with Crippen molar-refractivity contribution in [3.63, 3.8) is 0 Å². The second-order valence-electron chi connectivity index (χ2n) is 9.44. The summed E-state index contributed by atoms with van der Waals surface area (Å²) in [6, 6.07) is 8.04. The quantitative estimate of drug-likeness (QED) is 0.233. The van der Waals surface area contributed by atoms with Crippen molar-refractivity contribution in [1.29, 1.82) is 0 Å². The third-order valence-corrected chi connectivity index (χ3v) is 8.78. The normalized spacial score (nSPS) is 11.4. The van der Waals surface area contributed by atoms with E-state index in [1.165, 1.54) is 11.1 Å². The topological polar surface area (TPSA) is 95.1 Å². The minimum Gasteiger partial charge on any atom is -0.493 e. The van der Waals surface area contributed by atoms with E-state index in [0.717, 1.165) is 72.9 Å². The smallest absolute Gasteiger partial charge is 0.164 e. The lowest BCUT2D eigenvalue weighted by molar-refractivity contribution is 0.351. The molecule has 8 nitrogen and oxygen atoms in total. The molecular weight excluding hydrogens is 516 g/mol. The van der Waals surface area contributed by atoms with Crippen molar-refractivity contribution >= 4 is 9.84 Å². The molecule has 2 rings (SSSR count). The largest absolute Gasteiger partial charge is 0.493 e. The summed E-state index contributed by atoms with van der Waals surface area (Å²) in [4.78, 5) is 0. The second-order valence-corrected chi connectivity index (χ2v) is 11.7. The third kappa shape index (κ3) is 9.89. The molecule has 0 bridgehead atoms. The molecule has 2 aromatic carbocycles.